The fraction of sp³-hybridized carbons (Fsp3) is 0.294. The van der Waals surface area contributed by atoms with Gasteiger partial charge in [-0.1, -0.05) is 30.3 Å². The third kappa shape index (κ3) is 3.49. The van der Waals surface area contributed by atoms with Crippen LogP contribution in [0, 0.1) is 0 Å². The van der Waals surface area contributed by atoms with Crippen molar-refractivity contribution in [2.24, 2.45) is 7.05 Å². The van der Waals surface area contributed by atoms with Crippen LogP contribution in [0.3, 0.4) is 0 Å². The van der Waals surface area contributed by atoms with Crippen LogP contribution in [0.1, 0.15) is 18.1 Å². The smallest absolute Gasteiger partial charge is 0.102 e. The number of benzene rings is 1. The quantitative estimate of drug-likeness (QED) is 0.649. The van der Waals surface area contributed by atoms with Crippen LogP contribution < -0.4 is 5.32 Å². The van der Waals surface area contributed by atoms with E-state index in [1.54, 1.807) is 17.8 Å². The molecule has 3 rings (SSSR count). The first-order valence-corrected chi connectivity index (χ1v) is 7.56. The lowest BCUT2D eigenvalue weighted by molar-refractivity contribution is 0.0566. The summed E-state index contributed by atoms with van der Waals surface area (Å²) in [5, 5.41) is 25.2. The molecule has 3 N–H and O–H groups in total. The Kier molecular flexibility index (Phi) is 4.27. The molecule has 0 spiro atoms. The van der Waals surface area contributed by atoms with Gasteiger partial charge in [-0.15, -0.1) is 0 Å². The summed E-state index contributed by atoms with van der Waals surface area (Å²) in [4.78, 5) is 0. The maximum Gasteiger partial charge on any atom is 0.102 e. The molecule has 0 aliphatic rings. The zero-order valence-electron chi connectivity index (χ0n) is 13.3. The minimum Gasteiger partial charge on any atom is -0.384 e. The molecule has 120 valence electrons. The van der Waals surface area contributed by atoms with E-state index in [1.165, 1.54) is 0 Å². The molecule has 0 aliphatic heterocycles. The summed E-state index contributed by atoms with van der Waals surface area (Å²) in [5.41, 5.74) is 2.99. The molecule has 1 aromatic carbocycles. The van der Waals surface area contributed by atoms with E-state index in [-0.39, 0.29) is 0 Å². The van der Waals surface area contributed by atoms with E-state index < -0.39 is 5.60 Å². The molecule has 0 amide bonds. The monoisotopic (exact) mass is 311 g/mol. The van der Waals surface area contributed by atoms with Gasteiger partial charge in [0.1, 0.15) is 5.60 Å². The van der Waals surface area contributed by atoms with Gasteiger partial charge in [0.2, 0.25) is 0 Å². The molecule has 23 heavy (non-hydrogen) atoms. The standard InChI is InChI=1S/C17H21N5O/c1-17(23,15-10-20-22(2)11-15)12-18-8-14-9-19-21-16(14)13-6-4-3-5-7-13/h3-7,9-11,18,23H,8,12H2,1-2H3,(H,19,21). The van der Waals surface area contributed by atoms with Crippen molar-refractivity contribution in [1.82, 2.24) is 25.3 Å². The largest absolute Gasteiger partial charge is 0.384 e. The van der Waals surface area contributed by atoms with Crippen molar-refractivity contribution in [3.05, 3.63) is 60.0 Å². The van der Waals surface area contributed by atoms with Gasteiger partial charge in [-0.25, -0.2) is 0 Å². The van der Waals surface area contributed by atoms with Gasteiger partial charge >= 0.3 is 0 Å². The third-order valence-corrected chi connectivity index (χ3v) is 3.89. The lowest BCUT2D eigenvalue weighted by atomic mass is 9.99. The minimum absolute atomic E-state index is 0.429. The average molecular weight is 311 g/mol. The van der Waals surface area contributed by atoms with E-state index in [4.69, 9.17) is 0 Å². The second-order valence-corrected chi connectivity index (χ2v) is 5.92. The molecule has 1 unspecified atom stereocenters. The molecule has 2 aromatic heterocycles. The van der Waals surface area contributed by atoms with Gasteiger partial charge in [-0.2, -0.15) is 10.2 Å². The van der Waals surface area contributed by atoms with Gasteiger partial charge < -0.3 is 10.4 Å². The van der Waals surface area contributed by atoms with Crippen molar-refractivity contribution in [2.45, 2.75) is 19.1 Å². The Labute approximate surface area is 135 Å². The molecular formula is C17H21N5O. The van der Waals surface area contributed by atoms with Crippen LogP contribution in [-0.2, 0) is 19.2 Å². The number of hydrogen-bond acceptors (Lipinski definition) is 4. The van der Waals surface area contributed by atoms with Gasteiger partial charge in [-0.3, -0.25) is 9.78 Å². The van der Waals surface area contributed by atoms with Crippen molar-refractivity contribution in [1.29, 1.82) is 0 Å². The van der Waals surface area contributed by atoms with Crippen molar-refractivity contribution >= 4 is 0 Å². The molecule has 0 aliphatic carbocycles. The molecule has 0 radical (unpaired) electrons. The third-order valence-electron chi connectivity index (χ3n) is 3.89. The van der Waals surface area contributed by atoms with Gasteiger partial charge in [0, 0.05) is 37.5 Å². The number of aromatic amines is 1. The van der Waals surface area contributed by atoms with E-state index in [2.05, 4.69) is 20.6 Å². The lowest BCUT2D eigenvalue weighted by Gasteiger charge is -2.22. The van der Waals surface area contributed by atoms with Crippen LogP contribution in [0.5, 0.6) is 0 Å². The van der Waals surface area contributed by atoms with Crippen LogP contribution in [-0.4, -0.2) is 31.6 Å². The van der Waals surface area contributed by atoms with Crippen LogP contribution in [0.2, 0.25) is 0 Å². The van der Waals surface area contributed by atoms with E-state index in [9.17, 15) is 5.11 Å². The predicted octanol–water partition coefficient (Wildman–Crippen LogP) is 1.81. The van der Waals surface area contributed by atoms with Gasteiger partial charge in [-0.05, 0) is 12.5 Å². The Morgan fingerprint density at radius 3 is 2.74 bits per heavy atom. The SMILES string of the molecule is Cn1cc(C(C)(O)CNCc2cn[nH]c2-c2ccccc2)cn1. The summed E-state index contributed by atoms with van der Waals surface area (Å²) in [7, 11) is 1.84. The van der Waals surface area contributed by atoms with E-state index >= 15 is 0 Å². The molecule has 0 fully saturated rings. The van der Waals surface area contributed by atoms with Crippen molar-refractivity contribution in [3.63, 3.8) is 0 Å². The minimum atomic E-state index is -0.967. The van der Waals surface area contributed by atoms with E-state index in [0.29, 0.717) is 13.1 Å². The number of rotatable bonds is 6. The first-order valence-electron chi connectivity index (χ1n) is 7.56. The first-order chi connectivity index (χ1) is 11.1. The van der Waals surface area contributed by atoms with Crippen LogP contribution in [0.15, 0.2) is 48.9 Å². The number of nitrogens with one attached hydrogen (secondary N) is 2. The second-order valence-electron chi connectivity index (χ2n) is 5.92. The molecule has 3 aromatic rings. The highest BCUT2D eigenvalue weighted by atomic mass is 16.3. The fourth-order valence-corrected chi connectivity index (χ4v) is 2.54. The Bertz CT molecular complexity index is 760. The Morgan fingerprint density at radius 2 is 2.04 bits per heavy atom. The van der Waals surface area contributed by atoms with E-state index in [1.807, 2.05) is 49.8 Å². The van der Waals surface area contributed by atoms with Crippen molar-refractivity contribution < 1.29 is 5.11 Å². The number of nitrogens with zero attached hydrogens (tertiary/aromatic N) is 3. The lowest BCUT2D eigenvalue weighted by Crippen LogP contribution is -2.34. The number of H-pyrrole nitrogens is 1. The Hall–Kier alpha value is -2.44. The first kappa shape index (κ1) is 15.5. The zero-order valence-corrected chi connectivity index (χ0v) is 13.3. The van der Waals surface area contributed by atoms with Crippen LogP contribution >= 0.6 is 0 Å². The highest BCUT2D eigenvalue weighted by Crippen LogP contribution is 2.22. The summed E-state index contributed by atoms with van der Waals surface area (Å²) < 4.78 is 1.69. The van der Waals surface area contributed by atoms with Gasteiger partial charge in [0.05, 0.1) is 18.1 Å². The molecule has 0 saturated carbocycles. The second kappa shape index (κ2) is 6.36. The highest BCUT2D eigenvalue weighted by molar-refractivity contribution is 5.62. The maximum absolute atomic E-state index is 10.6. The summed E-state index contributed by atoms with van der Waals surface area (Å²) in [5.74, 6) is 0. The highest BCUT2D eigenvalue weighted by Gasteiger charge is 2.24. The maximum atomic E-state index is 10.6. The molecular weight excluding hydrogens is 290 g/mol. The molecule has 6 heteroatoms. The summed E-state index contributed by atoms with van der Waals surface area (Å²) in [6.07, 6.45) is 5.33. The number of hydrogen-bond donors (Lipinski definition) is 3. The number of aliphatic hydroxyl groups is 1. The van der Waals surface area contributed by atoms with Crippen molar-refractivity contribution in [3.8, 4) is 11.3 Å². The van der Waals surface area contributed by atoms with Crippen molar-refractivity contribution in [2.75, 3.05) is 6.54 Å². The molecule has 0 saturated heterocycles. The molecule has 0 bridgehead atoms. The fourth-order valence-electron chi connectivity index (χ4n) is 2.54. The van der Waals surface area contributed by atoms with E-state index in [0.717, 1.165) is 22.4 Å². The molecule has 2 heterocycles. The van der Waals surface area contributed by atoms with Crippen LogP contribution in [0.25, 0.3) is 11.3 Å². The Morgan fingerprint density at radius 1 is 1.26 bits per heavy atom. The predicted molar refractivity (Wildman–Crippen MR) is 88.5 cm³/mol. The van der Waals surface area contributed by atoms with Gasteiger partial charge in [0.15, 0.2) is 0 Å². The zero-order chi connectivity index (χ0) is 16.3. The summed E-state index contributed by atoms with van der Waals surface area (Å²) in [6.45, 7) is 2.83. The summed E-state index contributed by atoms with van der Waals surface area (Å²) >= 11 is 0. The number of aromatic nitrogens is 4. The summed E-state index contributed by atoms with van der Waals surface area (Å²) in [6, 6.07) is 10.1. The Balaban J connectivity index is 1.65. The normalized spacial score (nSPS) is 13.9. The molecule has 1 atom stereocenters. The average Bonchev–Trinajstić information content (AvgIpc) is 3.17. The topological polar surface area (TPSA) is 78.8 Å². The number of aryl methyl sites for hydroxylation is 1. The molecule has 6 nitrogen and oxygen atoms in total. The van der Waals surface area contributed by atoms with Gasteiger partial charge in [0.25, 0.3) is 0 Å². The van der Waals surface area contributed by atoms with Crippen LogP contribution in [0.4, 0.5) is 0 Å².